The topological polar surface area (TPSA) is 12.0 Å². The molecule has 19 heavy (non-hydrogen) atoms. The summed E-state index contributed by atoms with van der Waals surface area (Å²) in [6.45, 7) is 1.13. The molecule has 1 fully saturated rings. The second-order valence-corrected chi connectivity index (χ2v) is 6.47. The summed E-state index contributed by atoms with van der Waals surface area (Å²) >= 11 is 2.36. The van der Waals surface area contributed by atoms with E-state index in [0.29, 0.717) is 12.0 Å². The first-order chi connectivity index (χ1) is 9.33. The van der Waals surface area contributed by atoms with E-state index >= 15 is 0 Å². The fourth-order valence-electron chi connectivity index (χ4n) is 2.95. The van der Waals surface area contributed by atoms with Gasteiger partial charge in [-0.3, -0.25) is 0 Å². The Morgan fingerprint density at radius 3 is 2.47 bits per heavy atom. The zero-order valence-electron chi connectivity index (χ0n) is 10.9. The van der Waals surface area contributed by atoms with E-state index in [0.717, 1.165) is 6.54 Å². The molecule has 2 aromatic rings. The number of hydrogen-bond acceptors (Lipinski definition) is 1. The van der Waals surface area contributed by atoms with Gasteiger partial charge in [-0.2, -0.15) is 0 Å². The van der Waals surface area contributed by atoms with Crippen molar-refractivity contribution in [3.8, 4) is 0 Å². The molecule has 0 bridgehead atoms. The van der Waals surface area contributed by atoms with Gasteiger partial charge >= 0.3 is 0 Å². The second kappa shape index (κ2) is 6.06. The van der Waals surface area contributed by atoms with Crippen LogP contribution in [0.15, 0.2) is 54.6 Å². The Balaban J connectivity index is 1.76. The Kier molecular flexibility index (Phi) is 4.18. The summed E-state index contributed by atoms with van der Waals surface area (Å²) in [5.41, 5.74) is 2.88. The summed E-state index contributed by atoms with van der Waals surface area (Å²) < 4.78 is 1.30. The van der Waals surface area contributed by atoms with Crippen molar-refractivity contribution in [1.82, 2.24) is 5.32 Å². The molecule has 1 nitrogen and oxygen atoms in total. The fourth-order valence-corrected chi connectivity index (χ4v) is 3.31. The molecule has 1 N–H and O–H groups in total. The van der Waals surface area contributed by atoms with Crippen molar-refractivity contribution in [2.24, 2.45) is 5.92 Å². The highest BCUT2D eigenvalue weighted by atomic mass is 127. The van der Waals surface area contributed by atoms with Crippen LogP contribution in [0.3, 0.4) is 0 Å². The highest BCUT2D eigenvalue weighted by molar-refractivity contribution is 14.1. The molecule has 3 rings (SSSR count). The van der Waals surface area contributed by atoms with E-state index in [4.69, 9.17) is 0 Å². The molecule has 2 unspecified atom stereocenters. The van der Waals surface area contributed by atoms with E-state index in [1.165, 1.54) is 27.5 Å². The Morgan fingerprint density at radius 2 is 1.74 bits per heavy atom. The molecule has 0 spiro atoms. The van der Waals surface area contributed by atoms with Crippen molar-refractivity contribution in [3.05, 3.63) is 69.3 Å². The lowest BCUT2D eigenvalue weighted by Crippen LogP contribution is -2.19. The van der Waals surface area contributed by atoms with Gasteiger partial charge in [-0.05, 0) is 71.2 Å². The van der Waals surface area contributed by atoms with Gasteiger partial charge in [0.2, 0.25) is 0 Å². The molecule has 0 aliphatic carbocycles. The summed E-state index contributed by atoms with van der Waals surface area (Å²) in [7, 11) is 0. The standard InChI is InChI=1S/C17H18IN/c18-16-8-6-14(7-9-16)17-15(10-11-19-17)12-13-4-2-1-3-5-13/h1-9,15,17,19H,10-12H2. The molecule has 1 saturated heterocycles. The molecule has 2 aromatic carbocycles. The number of rotatable bonds is 3. The van der Waals surface area contributed by atoms with E-state index in [2.05, 4.69) is 82.5 Å². The summed E-state index contributed by atoms with van der Waals surface area (Å²) in [5, 5.41) is 3.66. The third-order valence-electron chi connectivity index (χ3n) is 3.92. The van der Waals surface area contributed by atoms with Crippen LogP contribution in [0.5, 0.6) is 0 Å². The fraction of sp³-hybridized carbons (Fsp3) is 0.294. The maximum atomic E-state index is 3.66. The molecular formula is C17H18IN. The predicted molar refractivity (Wildman–Crippen MR) is 88.2 cm³/mol. The van der Waals surface area contributed by atoms with Crippen molar-refractivity contribution < 1.29 is 0 Å². The lowest BCUT2D eigenvalue weighted by molar-refractivity contribution is 0.460. The van der Waals surface area contributed by atoms with Crippen LogP contribution in [0.25, 0.3) is 0 Å². The maximum absolute atomic E-state index is 3.66. The van der Waals surface area contributed by atoms with Crippen LogP contribution in [-0.2, 0) is 6.42 Å². The lowest BCUT2D eigenvalue weighted by atomic mass is 9.89. The quantitative estimate of drug-likeness (QED) is 0.807. The number of nitrogens with one attached hydrogen (secondary N) is 1. The first kappa shape index (κ1) is 13.1. The van der Waals surface area contributed by atoms with Gasteiger partial charge in [0.1, 0.15) is 0 Å². The van der Waals surface area contributed by atoms with Crippen LogP contribution < -0.4 is 5.32 Å². The van der Waals surface area contributed by atoms with Crippen LogP contribution in [0.4, 0.5) is 0 Å². The molecule has 1 aliphatic heterocycles. The molecule has 1 heterocycles. The third-order valence-corrected chi connectivity index (χ3v) is 4.64. The van der Waals surface area contributed by atoms with Gasteiger partial charge in [0.05, 0.1) is 0 Å². The molecule has 98 valence electrons. The lowest BCUT2D eigenvalue weighted by Gasteiger charge is -2.20. The summed E-state index contributed by atoms with van der Waals surface area (Å²) in [5.74, 6) is 0.711. The molecule has 2 heteroatoms. The zero-order valence-corrected chi connectivity index (χ0v) is 13.0. The van der Waals surface area contributed by atoms with Crippen LogP contribution in [0.1, 0.15) is 23.6 Å². The minimum absolute atomic E-state index is 0.511. The molecule has 0 aromatic heterocycles. The molecule has 1 aliphatic rings. The van der Waals surface area contributed by atoms with Gasteiger partial charge in [-0.15, -0.1) is 0 Å². The maximum Gasteiger partial charge on any atom is 0.0352 e. The summed E-state index contributed by atoms with van der Waals surface area (Å²) in [6.07, 6.45) is 2.44. The van der Waals surface area contributed by atoms with Crippen LogP contribution in [0, 0.1) is 9.49 Å². The van der Waals surface area contributed by atoms with E-state index < -0.39 is 0 Å². The molecule has 0 amide bonds. The Labute approximate surface area is 128 Å². The van der Waals surface area contributed by atoms with Gasteiger partial charge < -0.3 is 5.32 Å². The molecule has 2 atom stereocenters. The summed E-state index contributed by atoms with van der Waals surface area (Å²) in [6, 6.07) is 20.3. The highest BCUT2D eigenvalue weighted by Crippen LogP contribution is 2.32. The van der Waals surface area contributed by atoms with E-state index in [-0.39, 0.29) is 0 Å². The van der Waals surface area contributed by atoms with Crippen molar-refractivity contribution in [3.63, 3.8) is 0 Å². The summed E-state index contributed by atoms with van der Waals surface area (Å²) in [4.78, 5) is 0. The smallest absolute Gasteiger partial charge is 0.0352 e. The van der Waals surface area contributed by atoms with Crippen LogP contribution >= 0.6 is 22.6 Å². The number of benzene rings is 2. The number of halogens is 1. The van der Waals surface area contributed by atoms with E-state index in [9.17, 15) is 0 Å². The van der Waals surface area contributed by atoms with Gasteiger partial charge in [-0.25, -0.2) is 0 Å². The zero-order chi connectivity index (χ0) is 13.1. The van der Waals surface area contributed by atoms with Gasteiger partial charge in [-0.1, -0.05) is 42.5 Å². The van der Waals surface area contributed by atoms with Crippen molar-refractivity contribution in [2.45, 2.75) is 18.9 Å². The minimum Gasteiger partial charge on any atom is -0.310 e. The van der Waals surface area contributed by atoms with E-state index in [1.807, 2.05) is 0 Å². The number of hydrogen-bond donors (Lipinski definition) is 1. The average molecular weight is 363 g/mol. The Bertz CT molecular complexity index is 521. The molecular weight excluding hydrogens is 345 g/mol. The third kappa shape index (κ3) is 3.18. The van der Waals surface area contributed by atoms with Gasteiger partial charge in [0, 0.05) is 9.61 Å². The van der Waals surface area contributed by atoms with Gasteiger partial charge in [0.25, 0.3) is 0 Å². The van der Waals surface area contributed by atoms with Crippen LogP contribution in [-0.4, -0.2) is 6.54 Å². The van der Waals surface area contributed by atoms with Gasteiger partial charge in [0.15, 0.2) is 0 Å². The SMILES string of the molecule is Ic1ccc(C2NCCC2Cc2ccccc2)cc1. The van der Waals surface area contributed by atoms with Crippen molar-refractivity contribution in [1.29, 1.82) is 0 Å². The monoisotopic (exact) mass is 363 g/mol. The minimum atomic E-state index is 0.511. The second-order valence-electron chi connectivity index (χ2n) is 5.22. The average Bonchev–Trinajstić information content (AvgIpc) is 2.89. The molecule has 0 radical (unpaired) electrons. The van der Waals surface area contributed by atoms with Crippen molar-refractivity contribution >= 4 is 22.6 Å². The Morgan fingerprint density at radius 1 is 1.00 bits per heavy atom. The normalized spacial score (nSPS) is 22.6. The van der Waals surface area contributed by atoms with Crippen molar-refractivity contribution in [2.75, 3.05) is 6.54 Å². The predicted octanol–water partition coefficient (Wildman–Crippen LogP) is 4.18. The van der Waals surface area contributed by atoms with Crippen LogP contribution in [0.2, 0.25) is 0 Å². The van der Waals surface area contributed by atoms with E-state index in [1.54, 1.807) is 0 Å². The largest absolute Gasteiger partial charge is 0.310 e. The molecule has 0 saturated carbocycles. The highest BCUT2D eigenvalue weighted by Gasteiger charge is 2.27. The first-order valence-corrected chi connectivity index (χ1v) is 7.93. The first-order valence-electron chi connectivity index (χ1n) is 6.86. The Hall–Kier alpha value is -0.870.